The molecule has 0 spiro atoms. The molecule has 4 aromatic rings. The van der Waals surface area contributed by atoms with Crippen molar-refractivity contribution in [2.24, 2.45) is 12.8 Å². The van der Waals surface area contributed by atoms with Gasteiger partial charge in [0.05, 0.1) is 41.3 Å². The number of anilines is 1. The van der Waals surface area contributed by atoms with Crippen LogP contribution in [0.4, 0.5) is 14.5 Å². The van der Waals surface area contributed by atoms with E-state index < -0.39 is 17.5 Å². The van der Waals surface area contributed by atoms with Crippen molar-refractivity contribution in [3.8, 4) is 22.4 Å². The van der Waals surface area contributed by atoms with Crippen molar-refractivity contribution in [2.75, 3.05) is 32.1 Å². The molecule has 0 aliphatic carbocycles. The summed E-state index contributed by atoms with van der Waals surface area (Å²) in [6.45, 7) is 3.74. The van der Waals surface area contributed by atoms with Gasteiger partial charge in [0.2, 0.25) is 0 Å². The summed E-state index contributed by atoms with van der Waals surface area (Å²) in [5, 5.41) is 7.24. The molecule has 0 atom stereocenters. The fraction of sp³-hybridized carbons (Fsp3) is 0.333. The van der Waals surface area contributed by atoms with Crippen molar-refractivity contribution in [3.63, 3.8) is 0 Å². The highest BCUT2D eigenvalue weighted by atomic mass is 35.5. The van der Waals surface area contributed by atoms with Gasteiger partial charge in [-0.25, -0.2) is 13.8 Å². The van der Waals surface area contributed by atoms with Crippen LogP contribution >= 0.6 is 11.6 Å². The van der Waals surface area contributed by atoms with Crippen LogP contribution in [-0.2, 0) is 18.3 Å². The van der Waals surface area contributed by atoms with Gasteiger partial charge >= 0.3 is 0 Å². The van der Waals surface area contributed by atoms with Gasteiger partial charge in [0.15, 0.2) is 17.5 Å². The zero-order chi connectivity index (χ0) is 30.8. The zero-order valence-corrected chi connectivity index (χ0v) is 24.8. The van der Waals surface area contributed by atoms with Gasteiger partial charge in [-0.3, -0.25) is 14.3 Å². The minimum Gasteiger partial charge on any atom is -0.383 e. The lowest BCUT2D eigenvalue weighted by molar-refractivity contribution is 0.0715. The van der Waals surface area contributed by atoms with E-state index in [1.54, 1.807) is 41.9 Å². The first-order valence-electron chi connectivity index (χ1n) is 13.8. The quantitative estimate of drug-likeness (QED) is 0.299. The SMILES string of the molecule is COCCn1cc(-c2ccc(-c3cnc(C(=O)Nc4ccc(C(=O)N5CCC(N)CC5)c(Cl)c4)n3C)c(F)c2F)c(C)n1. The number of piperidine rings is 1. The van der Waals surface area contributed by atoms with Crippen LogP contribution in [-0.4, -0.2) is 68.9 Å². The van der Waals surface area contributed by atoms with Gasteiger partial charge < -0.3 is 25.3 Å². The molecule has 0 bridgehead atoms. The van der Waals surface area contributed by atoms with Crippen LogP contribution in [0.25, 0.3) is 22.4 Å². The average molecular weight is 612 g/mol. The van der Waals surface area contributed by atoms with E-state index in [0.29, 0.717) is 48.7 Å². The molecular formula is C30H32ClF2N7O3. The second-order valence-corrected chi connectivity index (χ2v) is 10.9. The number of likely N-dealkylation sites (tertiary alicyclic amines) is 1. The normalized spacial score (nSPS) is 13.9. The molecule has 1 fully saturated rings. The van der Waals surface area contributed by atoms with E-state index in [-0.39, 0.29) is 39.6 Å². The fourth-order valence-electron chi connectivity index (χ4n) is 5.13. The number of amides is 2. The summed E-state index contributed by atoms with van der Waals surface area (Å²) >= 11 is 6.41. The van der Waals surface area contributed by atoms with Crippen LogP contribution in [0.15, 0.2) is 42.7 Å². The van der Waals surface area contributed by atoms with Crippen molar-refractivity contribution in [2.45, 2.75) is 32.4 Å². The Kier molecular flexibility index (Phi) is 8.90. The summed E-state index contributed by atoms with van der Waals surface area (Å²) in [4.78, 5) is 31.9. The number of imidazole rings is 1. The first kappa shape index (κ1) is 30.3. The topological polar surface area (TPSA) is 120 Å². The van der Waals surface area contributed by atoms with Crippen LogP contribution in [0.2, 0.25) is 5.02 Å². The molecule has 1 aliphatic rings. The van der Waals surface area contributed by atoms with Crippen molar-refractivity contribution in [1.29, 1.82) is 0 Å². The number of ether oxygens (including phenoxy) is 1. The number of nitrogens with two attached hydrogens (primary N) is 1. The van der Waals surface area contributed by atoms with E-state index in [2.05, 4.69) is 15.4 Å². The molecule has 226 valence electrons. The van der Waals surface area contributed by atoms with Crippen LogP contribution in [0.5, 0.6) is 0 Å². The Balaban J connectivity index is 1.33. The number of carbonyl (C=O) groups excluding carboxylic acids is 2. The Morgan fingerprint density at radius 1 is 1.12 bits per heavy atom. The molecule has 1 saturated heterocycles. The van der Waals surface area contributed by atoms with E-state index >= 15 is 8.78 Å². The molecule has 1 aliphatic heterocycles. The maximum absolute atomic E-state index is 15.4. The first-order valence-corrected chi connectivity index (χ1v) is 14.2. The van der Waals surface area contributed by atoms with Gasteiger partial charge in [-0.15, -0.1) is 0 Å². The largest absolute Gasteiger partial charge is 0.383 e. The summed E-state index contributed by atoms with van der Waals surface area (Å²) in [6.07, 6.45) is 4.41. The first-order chi connectivity index (χ1) is 20.6. The van der Waals surface area contributed by atoms with Crippen molar-refractivity contribution < 1.29 is 23.1 Å². The maximum Gasteiger partial charge on any atom is 0.291 e. The molecule has 2 aromatic heterocycles. The molecule has 0 saturated carbocycles. The predicted octanol–water partition coefficient (Wildman–Crippen LogP) is 4.65. The van der Waals surface area contributed by atoms with E-state index in [9.17, 15) is 9.59 Å². The number of aromatic nitrogens is 4. The molecule has 0 unspecified atom stereocenters. The summed E-state index contributed by atoms with van der Waals surface area (Å²) in [5.41, 5.74) is 7.86. The number of rotatable bonds is 8. The van der Waals surface area contributed by atoms with Gasteiger partial charge in [-0.1, -0.05) is 17.7 Å². The van der Waals surface area contributed by atoms with Gasteiger partial charge in [0, 0.05) is 61.9 Å². The number of methoxy groups -OCH3 is 1. The highest BCUT2D eigenvalue weighted by Crippen LogP contribution is 2.33. The number of benzene rings is 2. The van der Waals surface area contributed by atoms with E-state index in [1.165, 1.54) is 36.0 Å². The molecule has 2 amide bonds. The number of halogens is 3. The van der Waals surface area contributed by atoms with Gasteiger partial charge in [-0.05, 0) is 44.0 Å². The highest BCUT2D eigenvalue weighted by Gasteiger charge is 2.25. The Hall–Kier alpha value is -4.13. The van der Waals surface area contributed by atoms with E-state index in [4.69, 9.17) is 22.1 Å². The van der Waals surface area contributed by atoms with Crippen LogP contribution in [0.1, 0.15) is 39.5 Å². The van der Waals surface area contributed by atoms with Crippen molar-refractivity contribution in [3.05, 3.63) is 76.5 Å². The third-order valence-corrected chi connectivity index (χ3v) is 7.91. The van der Waals surface area contributed by atoms with E-state index in [0.717, 1.165) is 12.8 Å². The number of hydrogen-bond donors (Lipinski definition) is 2. The Morgan fingerprint density at radius 2 is 1.81 bits per heavy atom. The molecule has 13 heteroatoms. The molecule has 10 nitrogen and oxygen atoms in total. The minimum atomic E-state index is -1.07. The second-order valence-electron chi connectivity index (χ2n) is 10.5. The minimum absolute atomic E-state index is 0.0323. The lowest BCUT2D eigenvalue weighted by Crippen LogP contribution is -2.42. The molecular weight excluding hydrogens is 580 g/mol. The Bertz CT molecular complexity index is 1680. The van der Waals surface area contributed by atoms with Gasteiger partial charge in [-0.2, -0.15) is 5.10 Å². The van der Waals surface area contributed by atoms with Crippen LogP contribution < -0.4 is 11.1 Å². The molecule has 3 heterocycles. The lowest BCUT2D eigenvalue weighted by atomic mass is 10.0. The fourth-order valence-corrected chi connectivity index (χ4v) is 5.40. The molecule has 5 rings (SSSR count). The summed E-state index contributed by atoms with van der Waals surface area (Å²) < 4.78 is 38.8. The number of carbonyl (C=O) groups is 2. The number of nitrogens with zero attached hydrogens (tertiary/aromatic N) is 5. The third kappa shape index (κ3) is 6.17. The van der Waals surface area contributed by atoms with Crippen molar-refractivity contribution >= 4 is 29.1 Å². The predicted molar refractivity (Wildman–Crippen MR) is 159 cm³/mol. The molecule has 2 aromatic carbocycles. The third-order valence-electron chi connectivity index (χ3n) is 7.59. The van der Waals surface area contributed by atoms with E-state index in [1.807, 2.05) is 0 Å². The zero-order valence-electron chi connectivity index (χ0n) is 24.0. The Labute approximate surface area is 252 Å². The van der Waals surface area contributed by atoms with Gasteiger partial charge in [0.1, 0.15) is 0 Å². The average Bonchev–Trinajstić information content (AvgIpc) is 3.55. The van der Waals surface area contributed by atoms with Crippen LogP contribution in [0, 0.1) is 18.6 Å². The molecule has 43 heavy (non-hydrogen) atoms. The molecule has 3 N–H and O–H groups in total. The standard InChI is InChI=1S/C30H32ClF2N7O3/c1-17-23(16-40(37-17)12-13-43-3)20-6-7-22(27(33)26(20)32)25-15-35-28(38(25)2)29(41)36-19-4-5-21(24(31)14-19)30(42)39-10-8-18(34)9-11-39/h4-7,14-16,18H,8-13,34H2,1-3H3,(H,36,41). The highest BCUT2D eigenvalue weighted by molar-refractivity contribution is 6.34. The Morgan fingerprint density at radius 3 is 2.51 bits per heavy atom. The van der Waals surface area contributed by atoms with Gasteiger partial charge in [0.25, 0.3) is 11.8 Å². The van der Waals surface area contributed by atoms with Crippen LogP contribution in [0.3, 0.4) is 0 Å². The summed E-state index contributed by atoms with van der Waals surface area (Å²) in [6, 6.07) is 7.63. The smallest absolute Gasteiger partial charge is 0.291 e. The number of nitrogens with one attached hydrogen (secondary N) is 1. The lowest BCUT2D eigenvalue weighted by Gasteiger charge is -2.30. The second kappa shape index (κ2) is 12.6. The summed E-state index contributed by atoms with van der Waals surface area (Å²) in [7, 11) is 3.11. The van der Waals surface area contributed by atoms with Crippen molar-refractivity contribution in [1.82, 2.24) is 24.2 Å². The maximum atomic E-state index is 15.4. The monoisotopic (exact) mass is 611 g/mol. The molecule has 0 radical (unpaired) electrons. The summed E-state index contributed by atoms with van der Waals surface area (Å²) in [5.74, 6) is -2.92. The number of aryl methyl sites for hydroxylation is 1. The number of hydrogen-bond acceptors (Lipinski definition) is 6.